The van der Waals surface area contributed by atoms with Gasteiger partial charge in [0.15, 0.2) is 0 Å². The largest absolute Gasteiger partial charge is 0.368 e. The summed E-state index contributed by atoms with van der Waals surface area (Å²) in [5.74, 6) is -1.88. The van der Waals surface area contributed by atoms with Crippen molar-refractivity contribution < 1.29 is 22.7 Å². The van der Waals surface area contributed by atoms with E-state index in [1.807, 2.05) is 4.90 Å². The number of amides is 1. The zero-order chi connectivity index (χ0) is 20.2. The van der Waals surface area contributed by atoms with Gasteiger partial charge in [-0.1, -0.05) is 18.2 Å². The fourth-order valence-electron chi connectivity index (χ4n) is 4.68. The lowest BCUT2D eigenvalue weighted by Gasteiger charge is -2.33. The van der Waals surface area contributed by atoms with Gasteiger partial charge in [-0.15, -0.1) is 0 Å². The number of hydrogen-bond acceptors (Lipinski definition) is 2. The van der Waals surface area contributed by atoms with Gasteiger partial charge in [0.25, 0.3) is 5.91 Å². The lowest BCUT2D eigenvalue weighted by atomic mass is 9.94. The van der Waals surface area contributed by atoms with Gasteiger partial charge in [0.2, 0.25) is 0 Å². The van der Waals surface area contributed by atoms with E-state index in [0.29, 0.717) is 19.6 Å². The van der Waals surface area contributed by atoms with Gasteiger partial charge in [-0.05, 0) is 54.9 Å². The summed E-state index contributed by atoms with van der Waals surface area (Å²) in [7, 11) is 0. The van der Waals surface area contributed by atoms with Crippen molar-refractivity contribution in [3.05, 3.63) is 59.4 Å². The van der Waals surface area contributed by atoms with Gasteiger partial charge in [0.1, 0.15) is 23.6 Å². The van der Waals surface area contributed by atoms with E-state index in [1.165, 1.54) is 24.3 Å². The molecule has 0 N–H and O–H groups in total. The van der Waals surface area contributed by atoms with Crippen LogP contribution in [0.5, 0.6) is 0 Å². The third-order valence-corrected chi connectivity index (χ3v) is 6.56. The van der Waals surface area contributed by atoms with Crippen molar-refractivity contribution in [1.82, 2.24) is 4.90 Å². The number of ether oxygens (including phenoxy) is 1. The van der Waals surface area contributed by atoms with Crippen molar-refractivity contribution in [2.75, 3.05) is 13.2 Å². The molecule has 2 aromatic carbocycles. The minimum absolute atomic E-state index is 0.0339. The molecule has 5 rings (SSSR count). The normalized spacial score (nSPS) is 24.6. The Morgan fingerprint density at radius 2 is 1.90 bits per heavy atom. The summed E-state index contributed by atoms with van der Waals surface area (Å²) >= 11 is 0. The fraction of sp³-hybridized carbons (Fsp3) is 0.435. The number of nitrogens with zero attached hydrogens (tertiary/aromatic N) is 1. The monoisotopic (exact) mass is 401 g/mol. The third-order valence-electron chi connectivity index (χ3n) is 6.56. The van der Waals surface area contributed by atoms with Gasteiger partial charge in [-0.3, -0.25) is 4.79 Å². The number of carbonyl (C=O) groups is 1. The van der Waals surface area contributed by atoms with Crippen LogP contribution in [0.1, 0.15) is 31.2 Å². The fourth-order valence-corrected chi connectivity index (χ4v) is 4.68. The Hall–Kier alpha value is -2.34. The molecule has 6 heteroatoms. The molecule has 3 nitrogen and oxygen atoms in total. The van der Waals surface area contributed by atoms with Gasteiger partial charge < -0.3 is 9.64 Å². The maximum atomic E-state index is 15.3. The number of halogens is 3. The Morgan fingerprint density at radius 1 is 1.14 bits per heavy atom. The molecule has 1 saturated carbocycles. The Labute approximate surface area is 167 Å². The van der Waals surface area contributed by atoms with E-state index in [-0.39, 0.29) is 40.5 Å². The van der Waals surface area contributed by atoms with E-state index in [9.17, 15) is 13.6 Å². The Bertz CT molecular complexity index is 969. The standard InChI is InChI=1S/C23H22F3NO2/c24-15-9-14(21(26)18(11-15)17-3-1-2-4-19(17)25)10-16-12-23(6-7-23)13-27(16)22(28)20-5-8-29-20/h1-4,9,11,16,20H,5-8,10,12-13H2/t16-,20+/m0/s1. The number of benzene rings is 2. The first kappa shape index (κ1) is 18.7. The summed E-state index contributed by atoms with van der Waals surface area (Å²) < 4.78 is 49.1. The van der Waals surface area contributed by atoms with Crippen LogP contribution in [0.4, 0.5) is 13.2 Å². The highest BCUT2D eigenvalue weighted by molar-refractivity contribution is 5.82. The van der Waals surface area contributed by atoms with Crippen molar-refractivity contribution in [3.63, 3.8) is 0 Å². The van der Waals surface area contributed by atoms with Crippen molar-refractivity contribution in [2.24, 2.45) is 5.41 Å². The summed E-state index contributed by atoms with van der Waals surface area (Å²) in [5.41, 5.74) is 0.254. The SMILES string of the molecule is O=C([C@H]1CCO1)N1CC2(CC2)C[C@@H]1Cc1cc(F)cc(-c2ccccc2F)c1F. The molecule has 0 radical (unpaired) electrons. The zero-order valence-electron chi connectivity index (χ0n) is 16.0. The molecule has 3 aliphatic rings. The van der Waals surface area contributed by atoms with Crippen molar-refractivity contribution in [3.8, 4) is 11.1 Å². The molecule has 1 aliphatic carbocycles. The molecule has 2 aromatic rings. The molecule has 2 heterocycles. The topological polar surface area (TPSA) is 29.5 Å². The van der Waals surface area contributed by atoms with E-state index in [0.717, 1.165) is 25.3 Å². The summed E-state index contributed by atoms with van der Waals surface area (Å²) in [6, 6.07) is 7.77. The van der Waals surface area contributed by atoms with Gasteiger partial charge in [-0.2, -0.15) is 0 Å². The van der Waals surface area contributed by atoms with Gasteiger partial charge in [-0.25, -0.2) is 13.2 Å². The summed E-state index contributed by atoms with van der Waals surface area (Å²) in [6.45, 7) is 1.25. The van der Waals surface area contributed by atoms with E-state index in [4.69, 9.17) is 4.74 Å². The van der Waals surface area contributed by atoms with Crippen LogP contribution in [0.3, 0.4) is 0 Å². The van der Waals surface area contributed by atoms with Crippen LogP contribution in [0.2, 0.25) is 0 Å². The van der Waals surface area contributed by atoms with Gasteiger partial charge in [0, 0.05) is 30.1 Å². The molecular formula is C23H22F3NO2. The Balaban J connectivity index is 1.46. The van der Waals surface area contributed by atoms with E-state index in [2.05, 4.69) is 0 Å². The van der Waals surface area contributed by atoms with E-state index >= 15 is 4.39 Å². The Morgan fingerprint density at radius 3 is 2.55 bits per heavy atom. The van der Waals surface area contributed by atoms with Crippen LogP contribution < -0.4 is 0 Å². The Kier molecular flexibility index (Phi) is 4.42. The second kappa shape index (κ2) is 6.87. The molecule has 0 bridgehead atoms. The van der Waals surface area contributed by atoms with Crippen molar-refractivity contribution in [1.29, 1.82) is 0 Å². The lowest BCUT2D eigenvalue weighted by molar-refractivity contribution is -0.157. The highest BCUT2D eigenvalue weighted by Crippen LogP contribution is 2.55. The van der Waals surface area contributed by atoms with Gasteiger partial charge in [0.05, 0.1) is 6.61 Å². The molecule has 1 amide bonds. The lowest BCUT2D eigenvalue weighted by Crippen LogP contribution is -2.48. The number of hydrogen-bond donors (Lipinski definition) is 0. The summed E-state index contributed by atoms with van der Waals surface area (Å²) in [4.78, 5) is 14.6. The smallest absolute Gasteiger partial charge is 0.252 e. The predicted octanol–water partition coefficient (Wildman–Crippen LogP) is 4.48. The van der Waals surface area contributed by atoms with Crippen LogP contribution in [-0.4, -0.2) is 36.1 Å². The predicted molar refractivity (Wildman–Crippen MR) is 102 cm³/mol. The minimum Gasteiger partial charge on any atom is -0.368 e. The van der Waals surface area contributed by atoms with E-state index in [1.54, 1.807) is 6.07 Å². The van der Waals surface area contributed by atoms with Gasteiger partial charge >= 0.3 is 0 Å². The number of rotatable bonds is 4. The molecule has 2 saturated heterocycles. The molecule has 2 atom stereocenters. The molecule has 3 fully saturated rings. The van der Waals surface area contributed by atoms with Crippen LogP contribution in [0.15, 0.2) is 36.4 Å². The first-order valence-corrected chi connectivity index (χ1v) is 10.1. The zero-order valence-corrected chi connectivity index (χ0v) is 16.0. The quantitative estimate of drug-likeness (QED) is 0.756. The number of carbonyl (C=O) groups excluding carboxylic acids is 1. The first-order chi connectivity index (χ1) is 14.0. The molecular weight excluding hydrogens is 379 g/mol. The second-order valence-electron chi connectivity index (χ2n) is 8.58. The highest BCUT2D eigenvalue weighted by Gasteiger charge is 2.54. The maximum Gasteiger partial charge on any atom is 0.252 e. The second-order valence-corrected chi connectivity index (χ2v) is 8.58. The van der Waals surface area contributed by atoms with Crippen LogP contribution in [-0.2, 0) is 16.0 Å². The summed E-state index contributed by atoms with van der Waals surface area (Å²) in [5, 5.41) is 0. The van der Waals surface area contributed by atoms with Crippen LogP contribution in [0, 0.1) is 22.9 Å². The van der Waals surface area contributed by atoms with Crippen molar-refractivity contribution >= 4 is 5.91 Å². The number of likely N-dealkylation sites (tertiary alicyclic amines) is 1. The third kappa shape index (κ3) is 3.33. The van der Waals surface area contributed by atoms with Crippen LogP contribution in [0.25, 0.3) is 11.1 Å². The maximum absolute atomic E-state index is 15.3. The first-order valence-electron chi connectivity index (χ1n) is 10.1. The molecule has 152 valence electrons. The molecule has 0 aromatic heterocycles. The van der Waals surface area contributed by atoms with Crippen LogP contribution >= 0.6 is 0 Å². The average molecular weight is 401 g/mol. The molecule has 0 unspecified atom stereocenters. The minimum atomic E-state index is -0.624. The molecule has 29 heavy (non-hydrogen) atoms. The van der Waals surface area contributed by atoms with E-state index < -0.39 is 23.6 Å². The average Bonchev–Trinajstić information content (AvgIpc) is 3.30. The molecule has 2 aliphatic heterocycles. The highest BCUT2D eigenvalue weighted by atomic mass is 19.1. The van der Waals surface area contributed by atoms with Crippen molar-refractivity contribution in [2.45, 2.75) is 44.2 Å². The summed E-state index contributed by atoms with van der Waals surface area (Å²) in [6.07, 6.45) is 3.43. The molecule has 1 spiro atoms.